The summed E-state index contributed by atoms with van der Waals surface area (Å²) < 4.78 is 34.8. The number of aliphatic hydroxyl groups excluding tert-OH is 1. The monoisotopic (exact) mass is 482 g/mol. The predicted molar refractivity (Wildman–Crippen MR) is 127 cm³/mol. The minimum Gasteiger partial charge on any atom is -0.394 e. The maximum Gasteiger partial charge on any atom is 0.260 e. The largest absolute Gasteiger partial charge is 0.394 e. The van der Waals surface area contributed by atoms with Crippen LogP contribution in [0, 0.1) is 0 Å². The third kappa shape index (κ3) is 5.78. The van der Waals surface area contributed by atoms with Crippen molar-refractivity contribution >= 4 is 21.6 Å². The van der Waals surface area contributed by atoms with Gasteiger partial charge >= 0.3 is 0 Å². The molecule has 2 heterocycles. The van der Waals surface area contributed by atoms with Gasteiger partial charge in [-0.25, -0.2) is 18.1 Å². The third-order valence-corrected chi connectivity index (χ3v) is 6.72. The van der Waals surface area contributed by atoms with Crippen LogP contribution in [-0.2, 0) is 26.6 Å². The number of benzene rings is 2. The molecule has 1 aliphatic rings. The minimum absolute atomic E-state index is 0.0210. The summed E-state index contributed by atoms with van der Waals surface area (Å²) >= 11 is 0. The molecule has 0 aliphatic carbocycles. The zero-order chi connectivity index (χ0) is 24.1. The summed E-state index contributed by atoms with van der Waals surface area (Å²) in [6.45, 7) is -0.418. The van der Waals surface area contributed by atoms with Gasteiger partial charge in [0.05, 0.1) is 31.5 Å². The zero-order valence-electron chi connectivity index (χ0n) is 18.5. The molecule has 10 heteroatoms. The molecule has 1 aliphatic heterocycles. The van der Waals surface area contributed by atoms with Crippen molar-refractivity contribution in [3.63, 3.8) is 0 Å². The number of nitrogens with zero attached hydrogens (tertiary/aromatic N) is 2. The summed E-state index contributed by atoms with van der Waals surface area (Å²) in [7, 11) is -2.22. The number of aromatic nitrogens is 2. The Balaban J connectivity index is 1.35. The molecule has 3 N–H and O–H groups in total. The molecule has 3 aromatic rings. The van der Waals surface area contributed by atoms with Crippen LogP contribution >= 0.6 is 0 Å². The molecule has 0 radical (unpaired) electrons. The Labute approximate surface area is 198 Å². The number of nitrogens with one attached hydrogen (secondary N) is 2. The minimum atomic E-state index is -3.89. The van der Waals surface area contributed by atoms with Gasteiger partial charge in [-0.05, 0) is 23.3 Å². The van der Waals surface area contributed by atoms with E-state index in [1.165, 1.54) is 17.1 Å². The maximum absolute atomic E-state index is 12.5. The molecule has 1 aromatic heterocycles. The SMILES string of the molecule is Cn1cnc(S(=O)(=O)N[C@H]2C=C[C@@H](CC(=O)Nc3ccc(-c4ccccc4)cc3)O[C@@H]2CO)c1. The number of amides is 1. The number of rotatable bonds is 8. The lowest BCUT2D eigenvalue weighted by Gasteiger charge is -2.31. The Bertz CT molecular complexity index is 1260. The van der Waals surface area contributed by atoms with Crippen molar-refractivity contribution < 1.29 is 23.1 Å². The number of hydrogen-bond donors (Lipinski definition) is 3. The van der Waals surface area contributed by atoms with E-state index in [9.17, 15) is 18.3 Å². The number of hydrogen-bond acceptors (Lipinski definition) is 6. The first-order valence-electron chi connectivity index (χ1n) is 10.7. The zero-order valence-corrected chi connectivity index (χ0v) is 19.4. The second-order valence-electron chi connectivity index (χ2n) is 8.00. The quantitative estimate of drug-likeness (QED) is 0.423. The van der Waals surface area contributed by atoms with Crippen LogP contribution in [0.1, 0.15) is 6.42 Å². The molecule has 178 valence electrons. The molecule has 1 amide bonds. The number of anilines is 1. The number of carbonyl (C=O) groups excluding carboxylic acids is 1. The Morgan fingerprint density at radius 2 is 1.79 bits per heavy atom. The van der Waals surface area contributed by atoms with Crippen molar-refractivity contribution in [3.05, 3.63) is 79.3 Å². The lowest BCUT2D eigenvalue weighted by molar-refractivity contribution is -0.120. The van der Waals surface area contributed by atoms with Crippen LogP contribution in [0.25, 0.3) is 11.1 Å². The van der Waals surface area contributed by atoms with Gasteiger partial charge in [0, 0.05) is 18.9 Å². The van der Waals surface area contributed by atoms with Gasteiger partial charge in [-0.15, -0.1) is 0 Å². The van der Waals surface area contributed by atoms with E-state index >= 15 is 0 Å². The molecule has 0 unspecified atom stereocenters. The molecular weight excluding hydrogens is 456 g/mol. The second-order valence-corrected chi connectivity index (χ2v) is 9.66. The lowest BCUT2D eigenvalue weighted by Crippen LogP contribution is -2.48. The van der Waals surface area contributed by atoms with Gasteiger partial charge in [0.15, 0.2) is 5.03 Å². The van der Waals surface area contributed by atoms with Crippen molar-refractivity contribution in [3.8, 4) is 11.1 Å². The predicted octanol–water partition coefficient (Wildman–Crippen LogP) is 2.08. The van der Waals surface area contributed by atoms with Crippen molar-refractivity contribution in [1.82, 2.24) is 14.3 Å². The first-order chi connectivity index (χ1) is 16.3. The average Bonchev–Trinajstić information content (AvgIpc) is 3.28. The summed E-state index contributed by atoms with van der Waals surface area (Å²) in [6, 6.07) is 16.7. The molecule has 2 aromatic carbocycles. The van der Waals surface area contributed by atoms with Gasteiger partial charge in [0.1, 0.15) is 6.10 Å². The summed E-state index contributed by atoms with van der Waals surface area (Å²) in [6.07, 6.45) is 4.56. The first-order valence-corrected chi connectivity index (χ1v) is 12.2. The van der Waals surface area contributed by atoms with Crippen molar-refractivity contribution in [2.45, 2.75) is 29.7 Å². The normalized spacial score (nSPS) is 20.2. The van der Waals surface area contributed by atoms with Gasteiger partial charge in [-0.3, -0.25) is 4.79 Å². The number of imidazole rings is 1. The van der Waals surface area contributed by atoms with E-state index in [0.29, 0.717) is 5.69 Å². The molecule has 9 nitrogen and oxygen atoms in total. The second kappa shape index (κ2) is 10.3. The first kappa shape index (κ1) is 23.8. The Morgan fingerprint density at radius 3 is 2.44 bits per heavy atom. The number of aryl methyl sites for hydroxylation is 1. The van der Waals surface area contributed by atoms with Crippen LogP contribution < -0.4 is 10.0 Å². The van der Waals surface area contributed by atoms with E-state index < -0.39 is 34.9 Å². The Hall–Kier alpha value is -3.31. The summed E-state index contributed by atoms with van der Waals surface area (Å²) in [5.74, 6) is -0.258. The van der Waals surface area contributed by atoms with Crippen LogP contribution in [-0.4, -0.2) is 53.8 Å². The smallest absolute Gasteiger partial charge is 0.260 e. The van der Waals surface area contributed by atoms with Gasteiger partial charge < -0.3 is 19.7 Å². The van der Waals surface area contributed by atoms with E-state index in [1.54, 1.807) is 19.2 Å². The third-order valence-electron chi connectivity index (χ3n) is 5.37. The number of sulfonamides is 1. The molecule has 4 rings (SSSR count). The highest BCUT2D eigenvalue weighted by molar-refractivity contribution is 7.89. The molecule has 34 heavy (non-hydrogen) atoms. The molecule has 0 saturated carbocycles. The van der Waals surface area contributed by atoms with Crippen LogP contribution in [0.4, 0.5) is 5.69 Å². The fourth-order valence-corrected chi connectivity index (χ4v) is 4.85. The van der Waals surface area contributed by atoms with Gasteiger partial charge in [0.2, 0.25) is 5.91 Å². The van der Waals surface area contributed by atoms with Crippen molar-refractivity contribution in [2.75, 3.05) is 11.9 Å². The lowest BCUT2D eigenvalue weighted by atomic mass is 10.0. The highest BCUT2D eigenvalue weighted by atomic mass is 32.2. The number of carbonyl (C=O) groups is 1. The van der Waals surface area contributed by atoms with Crippen molar-refractivity contribution in [1.29, 1.82) is 0 Å². The summed E-state index contributed by atoms with van der Waals surface area (Å²) in [5.41, 5.74) is 2.79. The average molecular weight is 483 g/mol. The maximum atomic E-state index is 12.5. The van der Waals surface area contributed by atoms with E-state index in [2.05, 4.69) is 15.0 Å². The molecule has 0 saturated heterocycles. The van der Waals surface area contributed by atoms with Gasteiger partial charge in [-0.1, -0.05) is 54.6 Å². The van der Waals surface area contributed by atoms with E-state index in [4.69, 9.17) is 4.74 Å². The topological polar surface area (TPSA) is 123 Å². The number of ether oxygens (including phenoxy) is 1. The van der Waals surface area contributed by atoms with Crippen LogP contribution in [0.5, 0.6) is 0 Å². The summed E-state index contributed by atoms with van der Waals surface area (Å²) in [4.78, 5) is 16.4. The molecular formula is C24H26N4O5S. The summed E-state index contributed by atoms with van der Waals surface area (Å²) in [5, 5.41) is 12.4. The fraction of sp³-hybridized carbons (Fsp3) is 0.250. The molecule has 3 atom stereocenters. The highest BCUT2D eigenvalue weighted by Crippen LogP contribution is 2.22. The standard InChI is InChI=1S/C24H26N4O5S/c1-28-14-24(25-16-28)34(31,32)27-21-12-11-20(33-22(21)15-29)13-23(30)26-19-9-7-18(8-10-19)17-5-3-2-4-6-17/h2-12,14,16,20-22,27,29H,13,15H2,1H3,(H,26,30)/t20-,21-,22+/m0/s1. The van der Waals surface area contributed by atoms with Crippen molar-refractivity contribution in [2.24, 2.45) is 7.05 Å². The van der Waals surface area contributed by atoms with Crippen LogP contribution in [0.2, 0.25) is 0 Å². The van der Waals surface area contributed by atoms with Gasteiger partial charge in [-0.2, -0.15) is 0 Å². The fourth-order valence-electron chi connectivity index (χ4n) is 3.65. The molecule has 0 bridgehead atoms. The van der Waals surface area contributed by atoms with Crippen LogP contribution in [0.15, 0.2) is 84.3 Å². The molecule has 0 fully saturated rings. The van der Waals surface area contributed by atoms with E-state index in [-0.39, 0.29) is 17.4 Å². The Morgan fingerprint density at radius 1 is 1.09 bits per heavy atom. The van der Waals surface area contributed by atoms with E-state index in [1.807, 2.05) is 54.6 Å². The molecule has 0 spiro atoms. The highest BCUT2D eigenvalue weighted by Gasteiger charge is 2.32. The number of aliphatic hydroxyl groups is 1. The van der Waals surface area contributed by atoms with E-state index in [0.717, 1.165) is 11.1 Å². The Kier molecular flexibility index (Phi) is 7.23. The van der Waals surface area contributed by atoms with Crippen LogP contribution in [0.3, 0.4) is 0 Å². The van der Waals surface area contributed by atoms with Gasteiger partial charge in [0.25, 0.3) is 10.0 Å².